The number of ether oxygens (including phenoxy) is 1. The van der Waals surface area contributed by atoms with E-state index < -0.39 is 28.5 Å². The highest BCUT2D eigenvalue weighted by atomic mass is 32.2. The molecule has 3 aromatic carbocycles. The molecule has 1 aliphatic carbocycles. The highest BCUT2D eigenvalue weighted by Gasteiger charge is 2.34. The number of rotatable bonds is 12. The fourth-order valence-electron chi connectivity index (χ4n) is 5.33. The first-order chi connectivity index (χ1) is 20.2. The number of para-hydroxylation sites is 2. The fraction of sp³-hybridized carbons (Fsp3) is 0.394. The van der Waals surface area contributed by atoms with Crippen molar-refractivity contribution < 1.29 is 22.7 Å². The van der Waals surface area contributed by atoms with E-state index in [1.807, 2.05) is 37.3 Å². The first-order valence-electron chi connectivity index (χ1n) is 14.6. The average molecular weight is 592 g/mol. The summed E-state index contributed by atoms with van der Waals surface area (Å²) in [6.07, 6.45) is 5.67. The average Bonchev–Trinajstić information content (AvgIpc) is 3.01. The molecule has 2 amide bonds. The molecular formula is C33H41N3O5S. The van der Waals surface area contributed by atoms with Gasteiger partial charge < -0.3 is 15.0 Å². The fourth-order valence-corrected chi connectivity index (χ4v) is 6.75. The van der Waals surface area contributed by atoms with E-state index in [0.29, 0.717) is 12.2 Å². The molecule has 0 saturated heterocycles. The summed E-state index contributed by atoms with van der Waals surface area (Å²) in [5.41, 5.74) is 2.18. The smallest absolute Gasteiger partial charge is 0.264 e. The van der Waals surface area contributed by atoms with Crippen molar-refractivity contribution in [3.05, 3.63) is 90.0 Å². The number of nitrogens with zero attached hydrogens (tertiary/aromatic N) is 2. The maximum Gasteiger partial charge on any atom is 0.264 e. The zero-order valence-electron chi connectivity index (χ0n) is 24.7. The zero-order valence-corrected chi connectivity index (χ0v) is 25.5. The van der Waals surface area contributed by atoms with Gasteiger partial charge in [-0.25, -0.2) is 8.42 Å². The van der Waals surface area contributed by atoms with Gasteiger partial charge in [0.15, 0.2) is 0 Å². The number of benzene rings is 3. The second-order valence-corrected chi connectivity index (χ2v) is 12.7. The molecule has 8 nitrogen and oxygen atoms in total. The Bertz CT molecular complexity index is 1440. The van der Waals surface area contributed by atoms with Crippen molar-refractivity contribution >= 4 is 27.5 Å². The number of carbonyl (C=O) groups is 2. The molecule has 3 aromatic rings. The van der Waals surface area contributed by atoms with Crippen molar-refractivity contribution in [3.63, 3.8) is 0 Å². The Morgan fingerprint density at radius 2 is 1.57 bits per heavy atom. The summed E-state index contributed by atoms with van der Waals surface area (Å²) in [5.74, 6) is -0.382. The minimum atomic E-state index is -4.16. The molecule has 0 aromatic heterocycles. The van der Waals surface area contributed by atoms with Crippen molar-refractivity contribution in [2.24, 2.45) is 0 Å². The molecule has 1 unspecified atom stereocenters. The van der Waals surface area contributed by atoms with E-state index in [1.54, 1.807) is 43.3 Å². The van der Waals surface area contributed by atoms with Gasteiger partial charge in [-0.3, -0.25) is 13.9 Å². The summed E-state index contributed by atoms with van der Waals surface area (Å²) in [7, 11) is -2.70. The van der Waals surface area contributed by atoms with Crippen molar-refractivity contribution in [1.82, 2.24) is 10.2 Å². The predicted octanol–water partition coefficient (Wildman–Crippen LogP) is 5.11. The van der Waals surface area contributed by atoms with E-state index in [2.05, 4.69) is 5.32 Å². The van der Waals surface area contributed by atoms with Crippen LogP contribution in [0.5, 0.6) is 5.75 Å². The SMILES string of the molecule is COc1ccccc1N(CC(=O)N(CCc1ccccc1)C(C)C(=O)NC1CCCCC1)S(=O)(=O)c1ccc(C)cc1. The third-order valence-corrected chi connectivity index (χ3v) is 9.62. The van der Waals surface area contributed by atoms with E-state index in [0.717, 1.165) is 47.5 Å². The van der Waals surface area contributed by atoms with Crippen molar-refractivity contribution in [3.8, 4) is 5.75 Å². The maximum atomic E-state index is 14.1. The first kappa shape index (κ1) is 31.1. The molecule has 1 saturated carbocycles. The van der Waals surface area contributed by atoms with Crippen molar-refractivity contribution in [2.75, 3.05) is 24.5 Å². The Morgan fingerprint density at radius 3 is 2.24 bits per heavy atom. The summed E-state index contributed by atoms with van der Waals surface area (Å²) in [5, 5.41) is 3.13. The summed E-state index contributed by atoms with van der Waals surface area (Å²) >= 11 is 0. The highest BCUT2D eigenvalue weighted by Crippen LogP contribution is 2.32. The van der Waals surface area contributed by atoms with Crippen LogP contribution in [-0.4, -0.2) is 57.4 Å². The van der Waals surface area contributed by atoms with E-state index in [-0.39, 0.29) is 29.1 Å². The Hall–Kier alpha value is -3.85. The topological polar surface area (TPSA) is 96.0 Å². The molecule has 0 radical (unpaired) electrons. The largest absolute Gasteiger partial charge is 0.495 e. The number of hydrogen-bond acceptors (Lipinski definition) is 5. The molecule has 1 N–H and O–H groups in total. The molecule has 0 heterocycles. The van der Waals surface area contributed by atoms with Crippen LogP contribution in [0.1, 0.15) is 50.2 Å². The number of amides is 2. The number of nitrogens with one attached hydrogen (secondary N) is 1. The van der Waals surface area contributed by atoms with Crippen LogP contribution in [-0.2, 0) is 26.0 Å². The Balaban J connectivity index is 1.66. The van der Waals surface area contributed by atoms with Gasteiger partial charge in [0.1, 0.15) is 18.3 Å². The summed E-state index contributed by atoms with van der Waals surface area (Å²) < 4.78 is 34.7. The van der Waals surface area contributed by atoms with Gasteiger partial charge in [-0.05, 0) is 62.9 Å². The highest BCUT2D eigenvalue weighted by molar-refractivity contribution is 7.92. The lowest BCUT2D eigenvalue weighted by molar-refractivity contribution is -0.139. The molecule has 9 heteroatoms. The molecule has 1 aliphatic rings. The lowest BCUT2D eigenvalue weighted by Crippen LogP contribution is -2.53. The standard InChI is InChI=1S/C33H41N3O5S/c1-25-18-20-29(21-19-25)42(39,40)36(30-16-10-11-17-31(30)41-3)24-32(37)35(23-22-27-12-6-4-7-13-27)26(2)33(38)34-28-14-8-5-9-15-28/h4,6-7,10-13,16-21,26,28H,5,8-9,14-15,22-24H2,1-3H3,(H,34,38). The monoisotopic (exact) mass is 591 g/mol. The summed E-state index contributed by atoms with van der Waals surface area (Å²) in [4.78, 5) is 29.1. The Labute approximate surface area is 249 Å². The van der Waals surface area contributed by atoms with E-state index >= 15 is 0 Å². The van der Waals surface area contributed by atoms with E-state index in [4.69, 9.17) is 4.74 Å². The number of methoxy groups -OCH3 is 1. The van der Waals surface area contributed by atoms with Crippen LogP contribution in [0.25, 0.3) is 0 Å². The van der Waals surface area contributed by atoms with Crippen molar-refractivity contribution in [2.45, 2.75) is 69.4 Å². The minimum absolute atomic E-state index is 0.0609. The third kappa shape index (κ3) is 7.70. The number of carbonyl (C=O) groups excluding carboxylic acids is 2. The van der Waals surface area contributed by atoms with Gasteiger partial charge in [-0.15, -0.1) is 0 Å². The molecule has 4 rings (SSSR count). The molecule has 1 atom stereocenters. The molecule has 1 fully saturated rings. The number of aryl methyl sites for hydroxylation is 1. The number of hydrogen-bond donors (Lipinski definition) is 1. The maximum absolute atomic E-state index is 14.1. The minimum Gasteiger partial charge on any atom is -0.495 e. The first-order valence-corrected chi connectivity index (χ1v) is 16.0. The van der Waals surface area contributed by atoms with Crippen LogP contribution in [0.4, 0.5) is 5.69 Å². The molecule has 0 bridgehead atoms. The van der Waals surface area contributed by atoms with Gasteiger partial charge in [-0.1, -0.05) is 79.4 Å². The predicted molar refractivity (Wildman–Crippen MR) is 165 cm³/mol. The van der Waals surface area contributed by atoms with Gasteiger partial charge in [-0.2, -0.15) is 0 Å². The van der Waals surface area contributed by atoms with Crippen LogP contribution in [0.2, 0.25) is 0 Å². The lowest BCUT2D eigenvalue weighted by atomic mass is 9.95. The van der Waals surface area contributed by atoms with Gasteiger partial charge in [0.05, 0.1) is 17.7 Å². The number of sulfonamides is 1. The second-order valence-electron chi connectivity index (χ2n) is 10.8. The van der Waals surface area contributed by atoms with E-state index in [1.165, 1.54) is 24.1 Å². The van der Waals surface area contributed by atoms with Gasteiger partial charge in [0.25, 0.3) is 10.0 Å². The van der Waals surface area contributed by atoms with Crippen LogP contribution < -0.4 is 14.4 Å². The van der Waals surface area contributed by atoms with Crippen LogP contribution >= 0.6 is 0 Å². The quantitative estimate of drug-likeness (QED) is 0.316. The van der Waals surface area contributed by atoms with Gasteiger partial charge >= 0.3 is 0 Å². The molecule has 0 spiro atoms. The van der Waals surface area contributed by atoms with Gasteiger partial charge in [0, 0.05) is 12.6 Å². The lowest BCUT2D eigenvalue weighted by Gasteiger charge is -2.33. The third-order valence-electron chi connectivity index (χ3n) is 7.84. The molecular weight excluding hydrogens is 550 g/mol. The van der Waals surface area contributed by atoms with Gasteiger partial charge in [0.2, 0.25) is 11.8 Å². The molecule has 0 aliphatic heterocycles. The second kappa shape index (κ2) is 14.4. The molecule has 224 valence electrons. The van der Waals surface area contributed by atoms with E-state index in [9.17, 15) is 18.0 Å². The normalized spacial score (nSPS) is 14.5. The van der Waals surface area contributed by atoms with Crippen LogP contribution in [0, 0.1) is 6.92 Å². The zero-order chi connectivity index (χ0) is 30.1. The van der Waals surface area contributed by atoms with Crippen LogP contribution in [0.3, 0.4) is 0 Å². The van der Waals surface area contributed by atoms with Crippen molar-refractivity contribution in [1.29, 1.82) is 0 Å². The van der Waals surface area contributed by atoms with Crippen LogP contribution in [0.15, 0.2) is 83.8 Å². The molecule has 42 heavy (non-hydrogen) atoms. The summed E-state index contributed by atoms with van der Waals surface area (Å²) in [6, 6.07) is 22.2. The Kier molecular flexibility index (Phi) is 10.6. The number of anilines is 1. The summed E-state index contributed by atoms with van der Waals surface area (Å²) in [6.45, 7) is 3.35. The Morgan fingerprint density at radius 1 is 0.929 bits per heavy atom.